The highest BCUT2D eigenvalue weighted by Gasteiger charge is 2.35. The van der Waals surface area contributed by atoms with Gasteiger partial charge in [0.2, 0.25) is 0 Å². The van der Waals surface area contributed by atoms with Gasteiger partial charge in [-0.3, -0.25) is 4.79 Å². The third-order valence-corrected chi connectivity index (χ3v) is 2.66. The summed E-state index contributed by atoms with van der Waals surface area (Å²) >= 11 is 0. The van der Waals surface area contributed by atoms with Crippen molar-refractivity contribution in [1.82, 2.24) is 4.90 Å². The number of aryl methyl sites for hydroxylation is 1. The van der Waals surface area contributed by atoms with Crippen LogP contribution in [0.3, 0.4) is 0 Å². The molecule has 0 radical (unpaired) electrons. The maximum absolute atomic E-state index is 13.8. The van der Waals surface area contributed by atoms with Crippen molar-refractivity contribution in [2.24, 2.45) is 0 Å². The SMILES string of the molecule is Cc1cccc(C(=O)N(CC(F)(F)F)C(C)C)c1F. The van der Waals surface area contributed by atoms with Crippen molar-refractivity contribution in [1.29, 1.82) is 0 Å². The van der Waals surface area contributed by atoms with E-state index in [9.17, 15) is 22.4 Å². The van der Waals surface area contributed by atoms with Gasteiger partial charge in [-0.25, -0.2) is 4.39 Å². The molecule has 0 N–H and O–H groups in total. The van der Waals surface area contributed by atoms with E-state index in [0.717, 1.165) is 0 Å². The summed E-state index contributed by atoms with van der Waals surface area (Å²) in [6, 6.07) is 3.41. The summed E-state index contributed by atoms with van der Waals surface area (Å²) in [6.07, 6.45) is -4.51. The highest BCUT2D eigenvalue weighted by Crippen LogP contribution is 2.21. The molecule has 0 saturated carbocycles. The Morgan fingerprint density at radius 1 is 1.32 bits per heavy atom. The molecule has 1 aromatic rings. The van der Waals surface area contributed by atoms with E-state index in [1.165, 1.54) is 39.0 Å². The molecule has 2 nitrogen and oxygen atoms in total. The Kier molecular flexibility index (Phi) is 4.55. The Morgan fingerprint density at radius 2 is 1.89 bits per heavy atom. The first-order valence-corrected chi connectivity index (χ1v) is 5.76. The molecule has 0 spiro atoms. The molecule has 0 heterocycles. The number of carbonyl (C=O) groups excluding carboxylic acids is 1. The van der Waals surface area contributed by atoms with Crippen LogP contribution in [0.4, 0.5) is 17.6 Å². The van der Waals surface area contributed by atoms with Crippen LogP contribution in [0.15, 0.2) is 18.2 Å². The quantitative estimate of drug-likeness (QED) is 0.774. The van der Waals surface area contributed by atoms with Gasteiger partial charge in [0.1, 0.15) is 12.4 Å². The summed E-state index contributed by atoms with van der Waals surface area (Å²) < 4.78 is 51.1. The summed E-state index contributed by atoms with van der Waals surface area (Å²) in [6.45, 7) is 2.97. The number of hydrogen-bond acceptors (Lipinski definition) is 1. The number of benzene rings is 1. The van der Waals surface area contributed by atoms with Crippen molar-refractivity contribution in [3.05, 3.63) is 35.1 Å². The molecule has 0 bridgehead atoms. The topological polar surface area (TPSA) is 20.3 Å². The van der Waals surface area contributed by atoms with Crippen LogP contribution >= 0.6 is 0 Å². The summed E-state index contributed by atoms with van der Waals surface area (Å²) in [5, 5.41) is 0. The van der Waals surface area contributed by atoms with E-state index in [2.05, 4.69) is 0 Å². The molecule has 1 rings (SSSR count). The Balaban J connectivity index is 3.10. The first-order valence-electron chi connectivity index (χ1n) is 5.76. The van der Waals surface area contributed by atoms with Gasteiger partial charge in [-0.05, 0) is 32.4 Å². The van der Waals surface area contributed by atoms with Gasteiger partial charge in [0.25, 0.3) is 5.91 Å². The van der Waals surface area contributed by atoms with Crippen LogP contribution in [0, 0.1) is 12.7 Å². The second-order valence-electron chi connectivity index (χ2n) is 4.58. The molecule has 0 aliphatic rings. The van der Waals surface area contributed by atoms with Gasteiger partial charge >= 0.3 is 6.18 Å². The molecule has 1 aromatic carbocycles. The minimum Gasteiger partial charge on any atom is -0.327 e. The van der Waals surface area contributed by atoms with Crippen molar-refractivity contribution < 1.29 is 22.4 Å². The molecule has 0 saturated heterocycles. The number of rotatable bonds is 3. The lowest BCUT2D eigenvalue weighted by Gasteiger charge is -2.28. The lowest BCUT2D eigenvalue weighted by atomic mass is 10.1. The van der Waals surface area contributed by atoms with Crippen LogP contribution in [-0.4, -0.2) is 29.6 Å². The number of halogens is 4. The molecular formula is C13H15F4NO. The number of amides is 1. The zero-order valence-corrected chi connectivity index (χ0v) is 10.9. The summed E-state index contributed by atoms with van der Waals surface area (Å²) in [4.78, 5) is 12.6. The monoisotopic (exact) mass is 277 g/mol. The average molecular weight is 277 g/mol. The van der Waals surface area contributed by atoms with E-state index < -0.39 is 30.5 Å². The molecular weight excluding hydrogens is 262 g/mol. The van der Waals surface area contributed by atoms with E-state index in [1.54, 1.807) is 0 Å². The van der Waals surface area contributed by atoms with Gasteiger partial charge in [0, 0.05) is 6.04 Å². The minimum absolute atomic E-state index is 0.224. The second-order valence-corrected chi connectivity index (χ2v) is 4.58. The summed E-state index contributed by atoms with van der Waals surface area (Å²) in [7, 11) is 0. The third kappa shape index (κ3) is 3.94. The first-order chi connectivity index (χ1) is 8.63. The van der Waals surface area contributed by atoms with Crippen molar-refractivity contribution in [2.75, 3.05) is 6.54 Å². The maximum Gasteiger partial charge on any atom is 0.406 e. The molecule has 0 aliphatic heterocycles. The van der Waals surface area contributed by atoms with Crippen LogP contribution in [0.5, 0.6) is 0 Å². The van der Waals surface area contributed by atoms with Gasteiger partial charge in [-0.2, -0.15) is 13.2 Å². The van der Waals surface area contributed by atoms with Gasteiger partial charge in [-0.1, -0.05) is 12.1 Å². The third-order valence-electron chi connectivity index (χ3n) is 2.66. The van der Waals surface area contributed by atoms with Crippen molar-refractivity contribution in [3.8, 4) is 0 Å². The summed E-state index contributed by atoms with van der Waals surface area (Å²) in [5.74, 6) is -1.73. The molecule has 0 unspecified atom stereocenters. The molecule has 0 atom stereocenters. The minimum atomic E-state index is -4.51. The van der Waals surface area contributed by atoms with E-state index in [4.69, 9.17) is 0 Å². The standard InChI is InChI=1S/C13H15F4NO/c1-8(2)18(7-13(15,16)17)12(19)10-6-4-5-9(3)11(10)14/h4-6,8H,7H2,1-3H3. The number of alkyl halides is 3. The number of nitrogens with zero attached hydrogens (tertiary/aromatic N) is 1. The fourth-order valence-electron chi connectivity index (χ4n) is 1.65. The second kappa shape index (κ2) is 5.59. The smallest absolute Gasteiger partial charge is 0.327 e. The molecule has 0 fully saturated rings. The lowest BCUT2D eigenvalue weighted by Crippen LogP contribution is -2.43. The molecule has 1 amide bonds. The summed E-state index contributed by atoms with van der Waals surface area (Å²) in [5.41, 5.74) is -0.112. The fourth-order valence-corrected chi connectivity index (χ4v) is 1.65. The maximum atomic E-state index is 13.8. The van der Waals surface area contributed by atoms with Gasteiger partial charge in [-0.15, -0.1) is 0 Å². The Labute approximate surface area is 109 Å². The van der Waals surface area contributed by atoms with Gasteiger partial charge in [0.05, 0.1) is 5.56 Å². The zero-order valence-electron chi connectivity index (χ0n) is 10.9. The zero-order chi connectivity index (χ0) is 14.8. The molecule has 106 valence electrons. The van der Waals surface area contributed by atoms with Gasteiger partial charge in [0.15, 0.2) is 0 Å². The Bertz CT molecular complexity index is 468. The normalized spacial score (nSPS) is 11.8. The van der Waals surface area contributed by atoms with E-state index in [1.807, 2.05) is 0 Å². The lowest BCUT2D eigenvalue weighted by molar-refractivity contribution is -0.143. The predicted molar refractivity (Wildman–Crippen MR) is 63.4 cm³/mol. The number of hydrogen-bond donors (Lipinski definition) is 0. The fraction of sp³-hybridized carbons (Fsp3) is 0.462. The first kappa shape index (κ1) is 15.5. The van der Waals surface area contributed by atoms with Crippen LogP contribution in [0.2, 0.25) is 0 Å². The average Bonchev–Trinajstić information content (AvgIpc) is 2.27. The Morgan fingerprint density at radius 3 is 2.37 bits per heavy atom. The Hall–Kier alpha value is -1.59. The molecule has 19 heavy (non-hydrogen) atoms. The largest absolute Gasteiger partial charge is 0.406 e. The van der Waals surface area contributed by atoms with Crippen molar-refractivity contribution >= 4 is 5.91 Å². The van der Waals surface area contributed by atoms with E-state index >= 15 is 0 Å². The highest BCUT2D eigenvalue weighted by atomic mass is 19.4. The van der Waals surface area contributed by atoms with E-state index in [-0.39, 0.29) is 11.1 Å². The molecule has 0 aliphatic carbocycles. The van der Waals surface area contributed by atoms with Crippen LogP contribution in [0.1, 0.15) is 29.8 Å². The number of carbonyl (C=O) groups is 1. The van der Waals surface area contributed by atoms with E-state index in [0.29, 0.717) is 4.90 Å². The van der Waals surface area contributed by atoms with Crippen LogP contribution < -0.4 is 0 Å². The molecule has 6 heteroatoms. The highest BCUT2D eigenvalue weighted by molar-refractivity contribution is 5.95. The molecule has 0 aromatic heterocycles. The van der Waals surface area contributed by atoms with Crippen molar-refractivity contribution in [2.45, 2.75) is 33.0 Å². The van der Waals surface area contributed by atoms with Crippen LogP contribution in [0.25, 0.3) is 0 Å². The van der Waals surface area contributed by atoms with Gasteiger partial charge < -0.3 is 4.90 Å². The van der Waals surface area contributed by atoms with Crippen molar-refractivity contribution in [3.63, 3.8) is 0 Å². The van der Waals surface area contributed by atoms with Crippen LogP contribution in [-0.2, 0) is 0 Å². The predicted octanol–water partition coefficient (Wildman–Crippen LogP) is 3.55.